The van der Waals surface area contributed by atoms with Crippen molar-refractivity contribution in [1.29, 1.82) is 0 Å². The zero-order chi connectivity index (χ0) is 11.7. The number of H-pyrrole nitrogens is 1. The first-order valence-electron chi connectivity index (χ1n) is 4.65. The Labute approximate surface area is 89.7 Å². The Morgan fingerprint density at radius 2 is 2.12 bits per heavy atom. The number of hydrogen-bond donors (Lipinski definition) is 1. The minimum absolute atomic E-state index is 0.0201. The van der Waals surface area contributed by atoms with E-state index in [1.807, 2.05) is 0 Å². The van der Waals surface area contributed by atoms with Crippen molar-refractivity contribution in [3.05, 3.63) is 40.2 Å². The average Bonchev–Trinajstić information content (AvgIpc) is 2.18. The molecule has 0 spiro atoms. The first-order chi connectivity index (χ1) is 7.58. The molecule has 3 nitrogen and oxygen atoms in total. The van der Waals surface area contributed by atoms with Gasteiger partial charge < -0.3 is 9.72 Å². The van der Waals surface area contributed by atoms with E-state index in [0.29, 0.717) is 16.6 Å². The number of para-hydroxylation sites is 1. The van der Waals surface area contributed by atoms with Gasteiger partial charge in [-0.05, 0) is 19.1 Å². The first-order valence-corrected chi connectivity index (χ1v) is 4.65. The van der Waals surface area contributed by atoms with Gasteiger partial charge in [0.2, 0.25) is 0 Å². The molecule has 0 unspecified atom stereocenters. The largest absolute Gasteiger partial charge is 0.433 e. The molecule has 1 N–H and O–H groups in total. The van der Waals surface area contributed by atoms with E-state index in [-0.39, 0.29) is 11.2 Å². The maximum Gasteiger partial charge on any atom is 0.387 e. The Balaban J connectivity index is 2.71. The number of aryl methyl sites for hydroxylation is 1. The van der Waals surface area contributed by atoms with E-state index in [0.717, 1.165) is 0 Å². The minimum Gasteiger partial charge on any atom is -0.433 e. The smallest absolute Gasteiger partial charge is 0.387 e. The van der Waals surface area contributed by atoms with Gasteiger partial charge in [-0.15, -0.1) is 0 Å². The molecule has 5 heteroatoms. The van der Waals surface area contributed by atoms with Crippen molar-refractivity contribution in [2.75, 3.05) is 0 Å². The normalized spacial score (nSPS) is 11.0. The highest BCUT2D eigenvalue weighted by Gasteiger charge is 2.10. The summed E-state index contributed by atoms with van der Waals surface area (Å²) in [6, 6.07) is 5.87. The Morgan fingerprint density at radius 3 is 2.81 bits per heavy atom. The number of rotatable bonds is 2. The predicted octanol–water partition coefficient (Wildman–Crippen LogP) is 2.44. The molecular weight excluding hydrogens is 216 g/mol. The van der Waals surface area contributed by atoms with E-state index in [9.17, 15) is 13.6 Å². The Morgan fingerprint density at radius 1 is 1.38 bits per heavy atom. The number of aromatic amines is 1. The number of benzene rings is 1. The molecule has 0 amide bonds. The molecule has 0 saturated carbocycles. The summed E-state index contributed by atoms with van der Waals surface area (Å²) in [4.78, 5) is 14.4. The lowest BCUT2D eigenvalue weighted by Crippen LogP contribution is -2.07. The van der Waals surface area contributed by atoms with Crippen LogP contribution in [0.5, 0.6) is 5.75 Å². The van der Waals surface area contributed by atoms with Crippen LogP contribution in [0.2, 0.25) is 0 Å². The van der Waals surface area contributed by atoms with Crippen LogP contribution >= 0.6 is 0 Å². The second-order valence-corrected chi connectivity index (χ2v) is 3.37. The summed E-state index contributed by atoms with van der Waals surface area (Å²) < 4.78 is 28.6. The molecular formula is C11H9F2NO2. The lowest BCUT2D eigenvalue weighted by atomic mass is 10.2. The van der Waals surface area contributed by atoms with E-state index in [1.165, 1.54) is 18.2 Å². The number of pyridine rings is 1. The summed E-state index contributed by atoms with van der Waals surface area (Å²) in [5.74, 6) is -0.0201. The van der Waals surface area contributed by atoms with Gasteiger partial charge in [0.05, 0.1) is 5.52 Å². The molecule has 1 heterocycles. The molecule has 16 heavy (non-hydrogen) atoms. The van der Waals surface area contributed by atoms with Gasteiger partial charge in [-0.3, -0.25) is 4.79 Å². The van der Waals surface area contributed by atoms with E-state index in [1.54, 1.807) is 13.0 Å². The molecule has 84 valence electrons. The van der Waals surface area contributed by atoms with Gasteiger partial charge in [0.1, 0.15) is 5.75 Å². The number of fused-ring (bicyclic) bond motifs is 1. The number of ether oxygens (including phenoxy) is 1. The Hall–Kier alpha value is -1.91. The lowest BCUT2D eigenvalue weighted by molar-refractivity contribution is -0.0489. The predicted molar refractivity (Wildman–Crippen MR) is 55.9 cm³/mol. The first kappa shape index (κ1) is 10.6. The summed E-state index contributed by atoms with van der Waals surface area (Å²) in [5, 5.41) is 0.337. The zero-order valence-corrected chi connectivity index (χ0v) is 8.46. The number of hydrogen-bond acceptors (Lipinski definition) is 2. The van der Waals surface area contributed by atoms with E-state index in [2.05, 4.69) is 9.72 Å². The van der Waals surface area contributed by atoms with Gasteiger partial charge in [-0.25, -0.2) is 0 Å². The van der Waals surface area contributed by atoms with Crippen LogP contribution in [0.25, 0.3) is 10.9 Å². The van der Waals surface area contributed by atoms with E-state index >= 15 is 0 Å². The fraction of sp³-hybridized carbons (Fsp3) is 0.182. The van der Waals surface area contributed by atoms with Crippen molar-refractivity contribution < 1.29 is 13.5 Å². The van der Waals surface area contributed by atoms with E-state index < -0.39 is 6.61 Å². The topological polar surface area (TPSA) is 42.1 Å². The van der Waals surface area contributed by atoms with Gasteiger partial charge in [0.15, 0.2) is 5.43 Å². The summed E-state index contributed by atoms with van der Waals surface area (Å²) in [7, 11) is 0. The van der Waals surface area contributed by atoms with Gasteiger partial charge in [0, 0.05) is 17.1 Å². The molecule has 0 radical (unpaired) electrons. The molecule has 1 aromatic carbocycles. The summed E-state index contributed by atoms with van der Waals surface area (Å²) >= 11 is 0. The minimum atomic E-state index is -2.91. The van der Waals surface area contributed by atoms with Crippen molar-refractivity contribution in [1.82, 2.24) is 4.98 Å². The van der Waals surface area contributed by atoms with Crippen LogP contribution in [0.4, 0.5) is 8.78 Å². The number of halogens is 2. The molecule has 0 saturated heterocycles. The molecule has 0 aliphatic carbocycles. The third kappa shape index (κ3) is 1.88. The molecule has 0 bridgehead atoms. The molecule has 0 atom stereocenters. The van der Waals surface area contributed by atoms with Gasteiger partial charge in [-0.2, -0.15) is 8.78 Å². The Kier molecular flexibility index (Phi) is 2.60. The molecule has 0 aliphatic heterocycles. The van der Waals surface area contributed by atoms with Crippen LogP contribution in [0, 0.1) is 6.92 Å². The molecule has 2 aromatic rings. The third-order valence-corrected chi connectivity index (χ3v) is 2.18. The van der Waals surface area contributed by atoms with E-state index in [4.69, 9.17) is 0 Å². The van der Waals surface area contributed by atoms with Crippen molar-refractivity contribution >= 4 is 10.9 Å². The highest BCUT2D eigenvalue weighted by molar-refractivity contribution is 5.84. The second-order valence-electron chi connectivity index (χ2n) is 3.37. The summed E-state index contributed by atoms with van der Waals surface area (Å²) in [6.45, 7) is -1.23. The zero-order valence-electron chi connectivity index (χ0n) is 8.46. The highest BCUT2D eigenvalue weighted by atomic mass is 19.3. The fourth-order valence-electron chi connectivity index (χ4n) is 1.57. The number of alkyl halides is 2. The SMILES string of the molecule is Cc1cc(=O)c2cccc(OC(F)F)c2[nH]1. The summed E-state index contributed by atoms with van der Waals surface area (Å²) in [6.07, 6.45) is 0. The number of aromatic nitrogens is 1. The van der Waals surface area contributed by atoms with Crippen molar-refractivity contribution in [3.8, 4) is 5.75 Å². The monoisotopic (exact) mass is 225 g/mol. The molecule has 0 aliphatic rings. The van der Waals surface area contributed by atoms with Crippen molar-refractivity contribution in [3.63, 3.8) is 0 Å². The standard InChI is InChI=1S/C11H9F2NO2/c1-6-5-8(15)7-3-2-4-9(10(7)14-6)16-11(12)13/h2-5,11H,1H3,(H,14,15). The quantitative estimate of drug-likeness (QED) is 0.852. The van der Waals surface area contributed by atoms with Crippen LogP contribution in [-0.4, -0.2) is 11.6 Å². The maximum absolute atomic E-state index is 12.1. The van der Waals surface area contributed by atoms with Crippen LogP contribution in [0.3, 0.4) is 0 Å². The van der Waals surface area contributed by atoms with Crippen LogP contribution in [-0.2, 0) is 0 Å². The van der Waals surface area contributed by atoms with Crippen molar-refractivity contribution in [2.24, 2.45) is 0 Å². The van der Waals surface area contributed by atoms with Crippen LogP contribution < -0.4 is 10.2 Å². The average molecular weight is 225 g/mol. The maximum atomic E-state index is 12.1. The van der Waals surface area contributed by atoms with Crippen LogP contribution in [0.1, 0.15) is 5.69 Å². The van der Waals surface area contributed by atoms with Gasteiger partial charge in [-0.1, -0.05) is 6.07 Å². The molecule has 1 aromatic heterocycles. The Bertz CT molecular complexity index is 578. The molecule has 0 fully saturated rings. The summed E-state index contributed by atoms with van der Waals surface area (Å²) in [5.41, 5.74) is 0.682. The van der Waals surface area contributed by atoms with Gasteiger partial charge in [0.25, 0.3) is 0 Å². The lowest BCUT2D eigenvalue weighted by Gasteiger charge is -2.08. The molecule has 2 rings (SSSR count). The third-order valence-electron chi connectivity index (χ3n) is 2.18. The highest BCUT2D eigenvalue weighted by Crippen LogP contribution is 2.23. The van der Waals surface area contributed by atoms with Gasteiger partial charge >= 0.3 is 6.61 Å². The fourth-order valence-corrected chi connectivity index (χ4v) is 1.57. The second kappa shape index (κ2) is 3.92. The van der Waals surface area contributed by atoms with Crippen molar-refractivity contribution in [2.45, 2.75) is 13.5 Å². The number of nitrogens with one attached hydrogen (secondary N) is 1. The van der Waals surface area contributed by atoms with Crippen LogP contribution in [0.15, 0.2) is 29.1 Å².